The molecule has 0 saturated heterocycles. The highest BCUT2D eigenvalue weighted by Gasteiger charge is 2.14. The first-order valence-corrected chi connectivity index (χ1v) is 5.84. The molecule has 90 valence electrons. The number of nitrogens with zero attached hydrogens (tertiary/aromatic N) is 2. The second-order valence-electron chi connectivity index (χ2n) is 4.53. The molecule has 0 aliphatic rings. The molecule has 1 N–H and O–H groups in total. The van der Waals surface area contributed by atoms with Gasteiger partial charge in [-0.3, -0.25) is 0 Å². The molecule has 17 heavy (non-hydrogen) atoms. The number of rotatable bonds is 3. The van der Waals surface area contributed by atoms with Gasteiger partial charge in [0, 0.05) is 13.2 Å². The van der Waals surface area contributed by atoms with Gasteiger partial charge in [-0.1, -0.05) is 18.2 Å². The van der Waals surface area contributed by atoms with Gasteiger partial charge in [0.15, 0.2) is 0 Å². The summed E-state index contributed by atoms with van der Waals surface area (Å²) >= 11 is 0. The fourth-order valence-electron chi connectivity index (χ4n) is 2.01. The Morgan fingerprint density at radius 3 is 2.53 bits per heavy atom. The minimum absolute atomic E-state index is 0.163. The van der Waals surface area contributed by atoms with E-state index in [4.69, 9.17) is 0 Å². The van der Waals surface area contributed by atoms with Gasteiger partial charge < -0.3 is 9.88 Å². The van der Waals surface area contributed by atoms with Gasteiger partial charge in [-0.2, -0.15) is 0 Å². The number of imidazole rings is 1. The average molecular weight is 229 g/mol. The summed E-state index contributed by atoms with van der Waals surface area (Å²) in [7, 11) is 3.96. The maximum atomic E-state index is 4.42. The zero-order chi connectivity index (χ0) is 12.4. The molecule has 2 rings (SSSR count). The van der Waals surface area contributed by atoms with Crippen LogP contribution in [0, 0.1) is 13.8 Å². The van der Waals surface area contributed by atoms with Crippen LogP contribution < -0.4 is 5.32 Å². The van der Waals surface area contributed by atoms with Gasteiger partial charge in [-0.25, -0.2) is 4.98 Å². The van der Waals surface area contributed by atoms with Crippen molar-refractivity contribution >= 4 is 0 Å². The van der Waals surface area contributed by atoms with Gasteiger partial charge in [0.05, 0.1) is 18.1 Å². The minimum atomic E-state index is 0.163. The topological polar surface area (TPSA) is 29.9 Å². The molecule has 0 radical (unpaired) electrons. The first-order chi connectivity index (χ1) is 8.11. The van der Waals surface area contributed by atoms with Gasteiger partial charge in [-0.15, -0.1) is 0 Å². The molecule has 0 bridgehead atoms. The van der Waals surface area contributed by atoms with Crippen molar-refractivity contribution in [3.8, 4) is 0 Å². The van der Waals surface area contributed by atoms with Crippen molar-refractivity contribution in [2.45, 2.75) is 19.9 Å². The van der Waals surface area contributed by atoms with E-state index in [1.807, 2.05) is 25.0 Å². The van der Waals surface area contributed by atoms with Crippen molar-refractivity contribution < 1.29 is 0 Å². The lowest BCUT2D eigenvalue weighted by Gasteiger charge is -2.15. The average Bonchev–Trinajstić information content (AvgIpc) is 2.71. The third kappa shape index (κ3) is 2.39. The Balaban J connectivity index is 2.38. The Hall–Kier alpha value is -1.61. The Morgan fingerprint density at radius 1 is 1.24 bits per heavy atom. The Morgan fingerprint density at radius 2 is 2.00 bits per heavy atom. The highest BCUT2D eigenvalue weighted by molar-refractivity contribution is 5.34. The van der Waals surface area contributed by atoms with E-state index in [0.717, 1.165) is 5.69 Å². The minimum Gasteiger partial charge on any atom is -0.340 e. The van der Waals surface area contributed by atoms with Crippen LogP contribution in [0.4, 0.5) is 0 Å². The third-order valence-corrected chi connectivity index (χ3v) is 3.17. The molecule has 1 aromatic carbocycles. The fraction of sp³-hybridized carbons (Fsp3) is 0.357. The molecule has 0 spiro atoms. The van der Waals surface area contributed by atoms with Crippen LogP contribution in [0.5, 0.6) is 0 Å². The summed E-state index contributed by atoms with van der Waals surface area (Å²) in [5, 5.41) is 3.32. The number of nitrogens with one attached hydrogen (secondary N) is 1. The number of benzene rings is 1. The molecule has 3 nitrogen and oxygen atoms in total. The van der Waals surface area contributed by atoms with Crippen LogP contribution in [0.2, 0.25) is 0 Å². The van der Waals surface area contributed by atoms with Crippen LogP contribution in [0.25, 0.3) is 0 Å². The van der Waals surface area contributed by atoms with Crippen LogP contribution in [0.3, 0.4) is 0 Å². The predicted molar refractivity (Wildman–Crippen MR) is 70.0 cm³/mol. The molecule has 0 aliphatic heterocycles. The van der Waals surface area contributed by atoms with E-state index in [1.54, 1.807) is 0 Å². The number of hydrogen-bond donors (Lipinski definition) is 1. The smallest absolute Gasteiger partial charge is 0.0947 e. The van der Waals surface area contributed by atoms with Crippen molar-refractivity contribution in [1.82, 2.24) is 14.9 Å². The van der Waals surface area contributed by atoms with Gasteiger partial charge in [0.1, 0.15) is 0 Å². The molecule has 1 unspecified atom stereocenters. The molecule has 0 saturated carbocycles. The molecule has 0 fully saturated rings. The van der Waals surface area contributed by atoms with E-state index < -0.39 is 0 Å². The van der Waals surface area contributed by atoms with Crippen molar-refractivity contribution in [3.05, 3.63) is 53.1 Å². The third-order valence-electron chi connectivity index (χ3n) is 3.17. The van der Waals surface area contributed by atoms with Crippen molar-refractivity contribution in [2.75, 3.05) is 7.05 Å². The van der Waals surface area contributed by atoms with E-state index in [0.29, 0.717) is 0 Å². The quantitative estimate of drug-likeness (QED) is 0.875. The van der Waals surface area contributed by atoms with E-state index in [1.165, 1.54) is 16.7 Å². The maximum absolute atomic E-state index is 4.42. The van der Waals surface area contributed by atoms with Gasteiger partial charge in [0.2, 0.25) is 0 Å². The summed E-state index contributed by atoms with van der Waals surface area (Å²) in [5.41, 5.74) is 4.95. The Kier molecular flexibility index (Phi) is 3.29. The Bertz CT molecular complexity index is 514. The molecule has 2 aromatic rings. The summed E-state index contributed by atoms with van der Waals surface area (Å²) in [4.78, 5) is 4.42. The first-order valence-electron chi connectivity index (χ1n) is 5.84. The summed E-state index contributed by atoms with van der Waals surface area (Å²) in [5.74, 6) is 0. The van der Waals surface area contributed by atoms with E-state index >= 15 is 0 Å². The summed E-state index contributed by atoms with van der Waals surface area (Å²) in [6.45, 7) is 4.28. The highest BCUT2D eigenvalue weighted by Crippen LogP contribution is 2.22. The van der Waals surface area contributed by atoms with Crippen LogP contribution >= 0.6 is 0 Å². The molecule has 1 aromatic heterocycles. The number of aryl methyl sites for hydroxylation is 3. The van der Waals surface area contributed by atoms with E-state index in [2.05, 4.69) is 48.5 Å². The van der Waals surface area contributed by atoms with Gasteiger partial charge >= 0.3 is 0 Å². The van der Waals surface area contributed by atoms with Crippen LogP contribution in [-0.2, 0) is 7.05 Å². The summed E-state index contributed by atoms with van der Waals surface area (Å²) in [6, 6.07) is 6.72. The zero-order valence-electron chi connectivity index (χ0n) is 10.9. The molecular weight excluding hydrogens is 210 g/mol. The van der Waals surface area contributed by atoms with Crippen molar-refractivity contribution in [3.63, 3.8) is 0 Å². The molecule has 1 atom stereocenters. The standard InChI is InChI=1S/C14H19N3/c1-10-5-6-12(7-11(10)2)14(15-3)13-8-17(4)9-16-13/h5-9,14-15H,1-4H3. The predicted octanol–water partition coefficient (Wildman–Crippen LogP) is 2.35. The molecular formula is C14H19N3. The van der Waals surface area contributed by atoms with Crippen LogP contribution in [-0.4, -0.2) is 16.6 Å². The SMILES string of the molecule is CNC(c1ccc(C)c(C)c1)c1cn(C)cn1. The van der Waals surface area contributed by atoms with E-state index in [-0.39, 0.29) is 6.04 Å². The Labute approximate surface area is 103 Å². The highest BCUT2D eigenvalue weighted by atomic mass is 15.0. The first kappa shape index (κ1) is 11.9. The second-order valence-corrected chi connectivity index (χ2v) is 4.53. The molecule has 0 amide bonds. The lowest BCUT2D eigenvalue weighted by Crippen LogP contribution is -2.18. The molecule has 1 heterocycles. The second kappa shape index (κ2) is 4.72. The summed E-state index contributed by atoms with van der Waals surface area (Å²) in [6.07, 6.45) is 3.89. The van der Waals surface area contributed by atoms with Gasteiger partial charge in [0.25, 0.3) is 0 Å². The largest absolute Gasteiger partial charge is 0.340 e. The lowest BCUT2D eigenvalue weighted by molar-refractivity contribution is 0.673. The number of hydrogen-bond acceptors (Lipinski definition) is 2. The fourth-order valence-corrected chi connectivity index (χ4v) is 2.01. The van der Waals surface area contributed by atoms with Gasteiger partial charge in [-0.05, 0) is 37.6 Å². The zero-order valence-corrected chi connectivity index (χ0v) is 10.9. The van der Waals surface area contributed by atoms with Crippen molar-refractivity contribution in [1.29, 1.82) is 0 Å². The molecule has 0 aliphatic carbocycles. The maximum Gasteiger partial charge on any atom is 0.0947 e. The molecule has 3 heteroatoms. The monoisotopic (exact) mass is 229 g/mol. The lowest BCUT2D eigenvalue weighted by atomic mass is 9.99. The van der Waals surface area contributed by atoms with Crippen LogP contribution in [0.1, 0.15) is 28.4 Å². The normalized spacial score (nSPS) is 12.7. The van der Waals surface area contributed by atoms with Crippen LogP contribution in [0.15, 0.2) is 30.7 Å². The summed E-state index contributed by atoms with van der Waals surface area (Å²) < 4.78 is 1.97. The van der Waals surface area contributed by atoms with E-state index in [9.17, 15) is 0 Å². The van der Waals surface area contributed by atoms with Crippen molar-refractivity contribution in [2.24, 2.45) is 7.05 Å². The number of aromatic nitrogens is 2.